The Bertz CT molecular complexity index is 344. The molecule has 0 aliphatic heterocycles. The van der Waals surface area contributed by atoms with Crippen molar-refractivity contribution in [3.63, 3.8) is 0 Å². The van der Waals surface area contributed by atoms with E-state index in [1.807, 2.05) is 25.1 Å². The molecule has 15 heavy (non-hydrogen) atoms. The van der Waals surface area contributed by atoms with Crippen molar-refractivity contribution in [2.75, 3.05) is 5.73 Å². The van der Waals surface area contributed by atoms with Crippen molar-refractivity contribution in [2.45, 2.75) is 39.5 Å². The fourth-order valence-electron chi connectivity index (χ4n) is 1.58. The van der Waals surface area contributed by atoms with Gasteiger partial charge >= 0.3 is 0 Å². The van der Waals surface area contributed by atoms with Crippen LogP contribution in [0, 0.1) is 6.92 Å². The van der Waals surface area contributed by atoms with E-state index in [1.165, 1.54) is 0 Å². The number of carbonyl (C=O) groups is 1. The first-order valence-corrected chi connectivity index (χ1v) is 5.54. The number of nitrogen functional groups attached to an aromatic ring is 1. The van der Waals surface area contributed by atoms with E-state index in [0.29, 0.717) is 17.7 Å². The minimum absolute atomic E-state index is 0.171. The number of ketones is 1. The van der Waals surface area contributed by atoms with Crippen LogP contribution in [0.15, 0.2) is 18.2 Å². The molecule has 1 aromatic carbocycles. The molecule has 0 saturated carbocycles. The summed E-state index contributed by atoms with van der Waals surface area (Å²) in [5.41, 5.74) is 8.15. The van der Waals surface area contributed by atoms with Crippen LogP contribution in [0.1, 0.15) is 48.5 Å². The number of aryl methyl sites for hydroxylation is 1. The Kier molecular flexibility index (Phi) is 4.35. The van der Waals surface area contributed by atoms with E-state index in [9.17, 15) is 4.79 Å². The van der Waals surface area contributed by atoms with Gasteiger partial charge in [0.25, 0.3) is 0 Å². The largest absolute Gasteiger partial charge is 0.398 e. The van der Waals surface area contributed by atoms with E-state index in [0.717, 1.165) is 24.8 Å². The summed E-state index contributed by atoms with van der Waals surface area (Å²) in [5, 5.41) is 0. The summed E-state index contributed by atoms with van der Waals surface area (Å²) in [7, 11) is 0. The summed E-state index contributed by atoms with van der Waals surface area (Å²) >= 11 is 0. The van der Waals surface area contributed by atoms with Crippen molar-refractivity contribution in [3.8, 4) is 0 Å². The van der Waals surface area contributed by atoms with Crippen molar-refractivity contribution in [3.05, 3.63) is 29.3 Å². The van der Waals surface area contributed by atoms with E-state index in [2.05, 4.69) is 6.92 Å². The Hall–Kier alpha value is -1.31. The van der Waals surface area contributed by atoms with Crippen LogP contribution in [0.3, 0.4) is 0 Å². The maximum Gasteiger partial charge on any atom is 0.164 e. The first kappa shape index (κ1) is 11.8. The molecule has 1 aromatic rings. The molecular weight excluding hydrogens is 186 g/mol. The molecule has 0 unspecified atom stereocenters. The van der Waals surface area contributed by atoms with Gasteiger partial charge in [0.2, 0.25) is 0 Å². The number of benzene rings is 1. The monoisotopic (exact) mass is 205 g/mol. The second-order valence-corrected chi connectivity index (χ2v) is 3.97. The van der Waals surface area contributed by atoms with Gasteiger partial charge in [0.1, 0.15) is 0 Å². The molecule has 1 rings (SSSR count). The molecule has 0 aliphatic rings. The molecule has 0 aliphatic carbocycles. The quantitative estimate of drug-likeness (QED) is 0.455. The Labute approximate surface area is 91.5 Å². The lowest BCUT2D eigenvalue weighted by atomic mass is 10.0. The minimum atomic E-state index is 0.171. The van der Waals surface area contributed by atoms with Crippen molar-refractivity contribution in [2.24, 2.45) is 0 Å². The molecule has 2 nitrogen and oxygen atoms in total. The van der Waals surface area contributed by atoms with Gasteiger partial charge < -0.3 is 5.73 Å². The maximum atomic E-state index is 11.8. The molecule has 0 radical (unpaired) electrons. The molecule has 0 amide bonds. The van der Waals surface area contributed by atoms with Crippen LogP contribution in [-0.4, -0.2) is 5.78 Å². The summed E-state index contributed by atoms with van der Waals surface area (Å²) in [6.45, 7) is 4.10. The number of nitrogens with two attached hydrogens (primary N) is 1. The van der Waals surface area contributed by atoms with Gasteiger partial charge in [-0.15, -0.1) is 0 Å². The predicted molar refractivity (Wildman–Crippen MR) is 64.1 cm³/mol. The summed E-state index contributed by atoms with van der Waals surface area (Å²) < 4.78 is 0. The summed E-state index contributed by atoms with van der Waals surface area (Å²) in [6, 6.07) is 5.62. The highest BCUT2D eigenvalue weighted by Crippen LogP contribution is 2.17. The van der Waals surface area contributed by atoms with Crippen molar-refractivity contribution in [1.29, 1.82) is 0 Å². The van der Waals surface area contributed by atoms with Gasteiger partial charge in [-0.2, -0.15) is 0 Å². The Balaban J connectivity index is 2.68. The van der Waals surface area contributed by atoms with Gasteiger partial charge in [0.05, 0.1) is 0 Å². The van der Waals surface area contributed by atoms with E-state index in [4.69, 9.17) is 5.73 Å². The Morgan fingerprint density at radius 3 is 2.73 bits per heavy atom. The highest BCUT2D eigenvalue weighted by molar-refractivity contribution is 6.00. The SMILES string of the molecule is CCCCCC(=O)c1cc(C)ccc1N. The third kappa shape index (κ3) is 3.39. The zero-order valence-electron chi connectivity index (χ0n) is 9.55. The second-order valence-electron chi connectivity index (χ2n) is 3.97. The molecule has 0 aromatic heterocycles. The third-order valence-corrected chi connectivity index (χ3v) is 2.52. The predicted octanol–water partition coefficient (Wildman–Crippen LogP) is 3.34. The number of Topliss-reactive ketones (excluding diaryl/α,β-unsaturated/α-hetero) is 1. The highest BCUT2D eigenvalue weighted by Gasteiger charge is 2.08. The van der Waals surface area contributed by atoms with Crippen LogP contribution in [0.4, 0.5) is 5.69 Å². The van der Waals surface area contributed by atoms with Crippen LogP contribution in [0.25, 0.3) is 0 Å². The molecule has 0 saturated heterocycles. The van der Waals surface area contributed by atoms with Gasteiger partial charge in [0.15, 0.2) is 5.78 Å². The number of unbranched alkanes of at least 4 members (excludes halogenated alkanes) is 2. The zero-order chi connectivity index (χ0) is 11.3. The topological polar surface area (TPSA) is 43.1 Å². The minimum Gasteiger partial charge on any atom is -0.398 e. The molecule has 2 heteroatoms. The number of anilines is 1. The fraction of sp³-hybridized carbons (Fsp3) is 0.462. The maximum absolute atomic E-state index is 11.8. The number of hydrogen-bond donors (Lipinski definition) is 1. The summed E-state index contributed by atoms with van der Waals surface area (Å²) in [4.78, 5) is 11.8. The van der Waals surface area contributed by atoms with Gasteiger partial charge in [-0.1, -0.05) is 31.4 Å². The molecule has 2 N–H and O–H groups in total. The van der Waals surface area contributed by atoms with Gasteiger partial charge in [-0.25, -0.2) is 0 Å². The van der Waals surface area contributed by atoms with E-state index >= 15 is 0 Å². The number of hydrogen-bond acceptors (Lipinski definition) is 2. The van der Waals surface area contributed by atoms with Crippen molar-refractivity contribution in [1.82, 2.24) is 0 Å². The van der Waals surface area contributed by atoms with Gasteiger partial charge in [-0.3, -0.25) is 4.79 Å². The van der Waals surface area contributed by atoms with Crippen LogP contribution < -0.4 is 5.73 Å². The smallest absolute Gasteiger partial charge is 0.164 e. The van der Waals surface area contributed by atoms with Crippen LogP contribution in [0.2, 0.25) is 0 Å². The standard InChI is InChI=1S/C13H19NO/c1-3-4-5-6-13(15)11-9-10(2)7-8-12(11)14/h7-9H,3-6,14H2,1-2H3. The molecular formula is C13H19NO. The van der Waals surface area contributed by atoms with Crippen molar-refractivity contribution < 1.29 is 4.79 Å². The van der Waals surface area contributed by atoms with E-state index < -0.39 is 0 Å². The lowest BCUT2D eigenvalue weighted by molar-refractivity contribution is 0.0980. The first-order chi connectivity index (χ1) is 7.15. The normalized spacial score (nSPS) is 10.3. The molecule has 0 bridgehead atoms. The first-order valence-electron chi connectivity index (χ1n) is 5.54. The molecule has 82 valence electrons. The Morgan fingerprint density at radius 1 is 1.33 bits per heavy atom. The summed E-state index contributed by atoms with van der Waals surface area (Å²) in [5.74, 6) is 0.171. The molecule has 0 fully saturated rings. The lowest BCUT2D eigenvalue weighted by Crippen LogP contribution is -2.04. The zero-order valence-corrected chi connectivity index (χ0v) is 9.55. The highest BCUT2D eigenvalue weighted by atomic mass is 16.1. The Morgan fingerprint density at radius 2 is 2.07 bits per heavy atom. The molecule has 0 heterocycles. The van der Waals surface area contributed by atoms with E-state index in [1.54, 1.807) is 0 Å². The number of carbonyl (C=O) groups excluding carboxylic acids is 1. The molecule has 0 spiro atoms. The lowest BCUT2D eigenvalue weighted by Gasteiger charge is -2.05. The van der Waals surface area contributed by atoms with E-state index in [-0.39, 0.29) is 5.78 Å². The summed E-state index contributed by atoms with van der Waals surface area (Å²) in [6.07, 6.45) is 3.82. The van der Waals surface area contributed by atoms with Gasteiger partial charge in [0, 0.05) is 17.7 Å². The average molecular weight is 205 g/mol. The number of rotatable bonds is 5. The van der Waals surface area contributed by atoms with Gasteiger partial charge in [-0.05, 0) is 25.5 Å². The van der Waals surface area contributed by atoms with Crippen LogP contribution in [0.5, 0.6) is 0 Å². The third-order valence-electron chi connectivity index (χ3n) is 2.52. The second kappa shape index (κ2) is 5.54. The van der Waals surface area contributed by atoms with Crippen LogP contribution >= 0.6 is 0 Å². The van der Waals surface area contributed by atoms with Crippen LogP contribution in [-0.2, 0) is 0 Å². The fourth-order valence-corrected chi connectivity index (χ4v) is 1.58. The van der Waals surface area contributed by atoms with Crippen molar-refractivity contribution >= 4 is 11.5 Å². The average Bonchev–Trinajstić information content (AvgIpc) is 2.22. The molecule has 0 atom stereocenters.